The second-order valence-electron chi connectivity index (χ2n) is 4.16. The van der Waals surface area contributed by atoms with Gasteiger partial charge >= 0.3 is 0 Å². The van der Waals surface area contributed by atoms with Crippen LogP contribution in [-0.4, -0.2) is 28.1 Å². The lowest BCUT2D eigenvalue weighted by Crippen LogP contribution is -2.33. The predicted octanol–water partition coefficient (Wildman–Crippen LogP) is 2.37. The van der Waals surface area contributed by atoms with E-state index in [1.165, 1.54) is 4.91 Å². The number of aliphatic hydroxyl groups excluding tert-OH is 1. The first-order valence-electron chi connectivity index (χ1n) is 4.83. The lowest BCUT2D eigenvalue weighted by Gasteiger charge is -2.29. The average molecular weight is 279 g/mol. The topological polar surface area (TPSA) is 29.5 Å². The molecule has 0 aromatic rings. The summed E-state index contributed by atoms with van der Waals surface area (Å²) in [5.74, 6) is 0.606. The minimum atomic E-state index is -0.306. The zero-order valence-electron chi connectivity index (χ0n) is 8.37. The highest BCUT2D eigenvalue weighted by molar-refractivity contribution is 9.12. The summed E-state index contributed by atoms with van der Waals surface area (Å²) < 4.78 is 5.33. The summed E-state index contributed by atoms with van der Waals surface area (Å²) in [4.78, 5) is 1.33. The van der Waals surface area contributed by atoms with Gasteiger partial charge in [-0.25, -0.2) is 0 Å². The molecule has 2 unspecified atom stereocenters. The van der Waals surface area contributed by atoms with Gasteiger partial charge in [0.2, 0.25) is 0 Å². The number of thioether (sulfide) groups is 1. The van der Waals surface area contributed by atoms with E-state index in [0.29, 0.717) is 19.1 Å². The van der Waals surface area contributed by atoms with Gasteiger partial charge in [-0.1, -0.05) is 22.0 Å². The largest absolute Gasteiger partial charge is 0.390 e. The van der Waals surface area contributed by atoms with Gasteiger partial charge in [0, 0.05) is 11.8 Å². The van der Waals surface area contributed by atoms with Crippen LogP contribution in [0.4, 0.5) is 0 Å². The van der Waals surface area contributed by atoms with Crippen molar-refractivity contribution in [3.8, 4) is 0 Å². The summed E-state index contributed by atoms with van der Waals surface area (Å²) in [5.41, 5.74) is 0. The van der Waals surface area contributed by atoms with Gasteiger partial charge in [0.25, 0.3) is 0 Å². The number of allylic oxidation sites excluding steroid dienone is 2. The summed E-state index contributed by atoms with van der Waals surface area (Å²) in [5, 5.41) is 9.78. The molecule has 0 bridgehead atoms. The molecule has 2 heterocycles. The molecule has 0 spiro atoms. The number of aliphatic hydroxyl groups is 1. The molecule has 0 aromatic carbocycles. The van der Waals surface area contributed by atoms with Crippen LogP contribution in [0.25, 0.3) is 0 Å². The Hall–Kier alpha value is 0.490. The number of hydrogen-bond acceptors (Lipinski definition) is 3. The van der Waals surface area contributed by atoms with Crippen molar-refractivity contribution in [2.45, 2.75) is 23.6 Å². The van der Waals surface area contributed by atoms with Crippen LogP contribution in [0.2, 0.25) is 0 Å². The fraction of sp³-hybridized carbons (Fsp3) is 0.800. The van der Waals surface area contributed by atoms with Gasteiger partial charge < -0.3 is 9.84 Å². The Labute approximate surface area is 97.2 Å². The third kappa shape index (κ3) is 1.90. The van der Waals surface area contributed by atoms with Gasteiger partial charge in [-0.3, -0.25) is 0 Å². The third-order valence-corrected chi connectivity index (χ3v) is 5.07. The zero-order valence-corrected chi connectivity index (χ0v) is 10.8. The van der Waals surface area contributed by atoms with Crippen molar-refractivity contribution in [3.05, 3.63) is 11.0 Å². The van der Waals surface area contributed by atoms with Crippen LogP contribution >= 0.6 is 27.7 Å². The molecule has 1 saturated heterocycles. The molecule has 2 aliphatic heterocycles. The highest BCUT2D eigenvalue weighted by Crippen LogP contribution is 2.53. The normalized spacial score (nSPS) is 48.3. The molecule has 0 radical (unpaired) electrons. The van der Waals surface area contributed by atoms with Crippen molar-refractivity contribution in [1.82, 2.24) is 0 Å². The molecule has 2 aliphatic rings. The molecule has 0 saturated carbocycles. The second-order valence-corrected chi connectivity index (χ2v) is 8.03. The molecular formula is C10H15BrO2S. The standard InChI is InChI=1S/C10H15BrO2S/c1-6-3-8(10(2,11)14-6)7-4-13-5-9(7)12/h3,7-9,12H,4-5H2,1-2H3/t7-,8?,9+,10?/m1/s1. The van der Waals surface area contributed by atoms with Crippen LogP contribution in [0.15, 0.2) is 11.0 Å². The smallest absolute Gasteiger partial charge is 0.0830 e. The Balaban J connectivity index is 2.16. The summed E-state index contributed by atoms with van der Waals surface area (Å²) in [6, 6.07) is 0. The van der Waals surface area contributed by atoms with E-state index in [4.69, 9.17) is 4.74 Å². The molecule has 1 N–H and O–H groups in total. The van der Waals surface area contributed by atoms with E-state index in [0.717, 1.165) is 0 Å². The number of alkyl halides is 1. The number of ether oxygens (including phenoxy) is 1. The van der Waals surface area contributed by atoms with Gasteiger partial charge in [0.05, 0.1) is 23.0 Å². The van der Waals surface area contributed by atoms with Gasteiger partial charge in [-0.2, -0.15) is 0 Å². The highest BCUT2D eigenvalue weighted by atomic mass is 79.9. The SMILES string of the molecule is CC1=CC([C@H]2COC[C@@H]2O)C(C)(Br)S1. The molecule has 4 heteroatoms. The fourth-order valence-electron chi connectivity index (χ4n) is 2.23. The first-order chi connectivity index (χ1) is 6.50. The first-order valence-corrected chi connectivity index (χ1v) is 6.44. The first kappa shape index (κ1) is 11.0. The Bertz CT molecular complexity index is 265. The minimum absolute atomic E-state index is 0.0242. The van der Waals surface area contributed by atoms with Crippen LogP contribution in [0.1, 0.15) is 13.8 Å². The van der Waals surface area contributed by atoms with Gasteiger partial charge in [-0.05, 0) is 18.8 Å². The highest BCUT2D eigenvalue weighted by Gasteiger charge is 2.45. The summed E-state index contributed by atoms with van der Waals surface area (Å²) in [6.07, 6.45) is 1.95. The van der Waals surface area contributed by atoms with E-state index >= 15 is 0 Å². The van der Waals surface area contributed by atoms with E-state index < -0.39 is 0 Å². The summed E-state index contributed by atoms with van der Waals surface area (Å²) >= 11 is 5.56. The van der Waals surface area contributed by atoms with Crippen LogP contribution < -0.4 is 0 Å². The van der Waals surface area contributed by atoms with Gasteiger partial charge in [0.1, 0.15) is 0 Å². The van der Waals surface area contributed by atoms with Crippen LogP contribution in [0.5, 0.6) is 0 Å². The quantitative estimate of drug-likeness (QED) is 0.747. The molecule has 0 aromatic heterocycles. The maximum atomic E-state index is 9.78. The van der Waals surface area contributed by atoms with E-state index in [-0.39, 0.29) is 15.7 Å². The zero-order chi connectivity index (χ0) is 10.3. The van der Waals surface area contributed by atoms with Crippen molar-refractivity contribution in [2.24, 2.45) is 11.8 Å². The maximum Gasteiger partial charge on any atom is 0.0830 e. The van der Waals surface area contributed by atoms with E-state index in [1.54, 1.807) is 0 Å². The number of halogens is 1. The van der Waals surface area contributed by atoms with Crippen molar-refractivity contribution in [3.63, 3.8) is 0 Å². The Morgan fingerprint density at radius 1 is 1.64 bits per heavy atom. The molecule has 2 nitrogen and oxygen atoms in total. The Morgan fingerprint density at radius 3 is 2.79 bits per heavy atom. The van der Waals surface area contributed by atoms with E-state index in [9.17, 15) is 5.11 Å². The average Bonchev–Trinajstić information content (AvgIpc) is 2.55. The Kier molecular flexibility index (Phi) is 2.99. The number of rotatable bonds is 1. The fourth-order valence-corrected chi connectivity index (χ4v) is 4.69. The molecule has 4 atom stereocenters. The second kappa shape index (κ2) is 3.81. The molecule has 14 heavy (non-hydrogen) atoms. The maximum absolute atomic E-state index is 9.78. The van der Waals surface area contributed by atoms with Crippen molar-refractivity contribution >= 4 is 27.7 Å². The van der Waals surface area contributed by atoms with Gasteiger partial charge in [0.15, 0.2) is 0 Å². The lowest BCUT2D eigenvalue weighted by atomic mass is 9.87. The van der Waals surface area contributed by atoms with Crippen LogP contribution in [0, 0.1) is 11.8 Å². The molecular weight excluding hydrogens is 264 g/mol. The van der Waals surface area contributed by atoms with Crippen molar-refractivity contribution in [1.29, 1.82) is 0 Å². The Morgan fingerprint density at radius 2 is 2.36 bits per heavy atom. The number of hydrogen-bond donors (Lipinski definition) is 1. The molecule has 0 amide bonds. The van der Waals surface area contributed by atoms with E-state index in [1.807, 2.05) is 11.8 Å². The monoisotopic (exact) mass is 278 g/mol. The minimum Gasteiger partial charge on any atom is -0.390 e. The molecule has 2 rings (SSSR count). The predicted molar refractivity (Wildman–Crippen MR) is 62.5 cm³/mol. The molecule has 80 valence electrons. The van der Waals surface area contributed by atoms with Crippen LogP contribution in [-0.2, 0) is 4.74 Å². The van der Waals surface area contributed by atoms with Crippen LogP contribution in [0.3, 0.4) is 0 Å². The lowest BCUT2D eigenvalue weighted by molar-refractivity contribution is 0.110. The summed E-state index contributed by atoms with van der Waals surface area (Å²) in [6.45, 7) is 5.45. The summed E-state index contributed by atoms with van der Waals surface area (Å²) in [7, 11) is 0. The third-order valence-electron chi connectivity index (χ3n) is 2.92. The van der Waals surface area contributed by atoms with Crippen molar-refractivity contribution in [2.75, 3.05) is 13.2 Å². The van der Waals surface area contributed by atoms with Gasteiger partial charge in [-0.15, -0.1) is 11.8 Å². The van der Waals surface area contributed by atoms with Crippen molar-refractivity contribution < 1.29 is 9.84 Å². The van der Waals surface area contributed by atoms with E-state index in [2.05, 4.69) is 35.9 Å². The molecule has 0 aliphatic carbocycles. The molecule has 1 fully saturated rings.